The van der Waals surface area contributed by atoms with E-state index in [1.807, 2.05) is 13.8 Å². The van der Waals surface area contributed by atoms with Gasteiger partial charge in [-0.3, -0.25) is 0 Å². The van der Waals surface area contributed by atoms with Gasteiger partial charge < -0.3 is 4.74 Å². The molecule has 1 N–H and O–H groups in total. The van der Waals surface area contributed by atoms with Gasteiger partial charge in [-0.2, -0.15) is 0 Å². The Morgan fingerprint density at radius 2 is 1.57 bits per heavy atom. The molecule has 0 saturated carbocycles. The van der Waals surface area contributed by atoms with Crippen LogP contribution in [0, 0.1) is 0 Å². The van der Waals surface area contributed by atoms with Crippen LogP contribution in [0.25, 0.3) is 0 Å². The molecule has 3 rings (SSSR count). The maximum atomic E-state index is 13.1. The van der Waals surface area contributed by atoms with Crippen molar-refractivity contribution in [1.82, 2.24) is 4.72 Å². The molecule has 28 heavy (non-hydrogen) atoms. The number of hydrogen-bond acceptors (Lipinski definition) is 5. The molecule has 6 nitrogen and oxygen atoms in total. The molecule has 0 atom stereocenters. The molecule has 0 spiro atoms. The van der Waals surface area contributed by atoms with E-state index in [1.54, 1.807) is 24.3 Å². The van der Waals surface area contributed by atoms with Crippen molar-refractivity contribution < 1.29 is 21.6 Å². The Bertz CT molecular complexity index is 1030. The largest absolute Gasteiger partial charge is 0.381 e. The maximum Gasteiger partial charge on any atom is 0.241 e. The van der Waals surface area contributed by atoms with Crippen molar-refractivity contribution >= 4 is 19.9 Å². The monoisotopic (exact) mass is 423 g/mol. The van der Waals surface area contributed by atoms with Gasteiger partial charge in [0.15, 0.2) is 0 Å². The van der Waals surface area contributed by atoms with Gasteiger partial charge in [-0.05, 0) is 48.6 Å². The first-order valence-electron chi connectivity index (χ1n) is 9.26. The highest BCUT2D eigenvalue weighted by Gasteiger charge is 2.28. The number of sulfonamides is 1. The molecule has 1 aliphatic heterocycles. The highest BCUT2D eigenvalue weighted by atomic mass is 32.2. The van der Waals surface area contributed by atoms with Gasteiger partial charge in [-0.15, -0.1) is 0 Å². The number of rotatable bonds is 6. The highest BCUT2D eigenvalue weighted by molar-refractivity contribution is 7.91. The van der Waals surface area contributed by atoms with Crippen LogP contribution in [0.3, 0.4) is 0 Å². The highest BCUT2D eigenvalue weighted by Crippen LogP contribution is 2.30. The summed E-state index contributed by atoms with van der Waals surface area (Å²) in [5, 5.41) is 0. The zero-order valence-electron chi connectivity index (χ0n) is 16.0. The van der Waals surface area contributed by atoms with Crippen molar-refractivity contribution in [3.63, 3.8) is 0 Å². The third-order valence-electron chi connectivity index (χ3n) is 4.80. The van der Waals surface area contributed by atoms with E-state index in [1.165, 1.54) is 24.3 Å². The van der Waals surface area contributed by atoms with Crippen LogP contribution in [0.15, 0.2) is 63.2 Å². The Kier molecular flexibility index (Phi) is 6.24. The molecule has 2 aromatic carbocycles. The van der Waals surface area contributed by atoms with E-state index >= 15 is 0 Å². The van der Waals surface area contributed by atoms with Crippen molar-refractivity contribution in [1.29, 1.82) is 0 Å². The minimum Gasteiger partial charge on any atom is -0.381 e. The fourth-order valence-corrected chi connectivity index (χ4v) is 6.31. The molecule has 0 aromatic heterocycles. The SMILES string of the molecule is CC(C)c1ccc(S(=O)(=O)c2ccccc2)cc1S(=O)(=O)NC1CCOCC1. The van der Waals surface area contributed by atoms with Crippen molar-refractivity contribution in [2.45, 2.75) is 53.3 Å². The quantitative estimate of drug-likeness (QED) is 0.771. The minimum absolute atomic E-state index is 0.0194. The van der Waals surface area contributed by atoms with E-state index in [-0.39, 0.29) is 26.6 Å². The standard InChI is InChI=1S/C20H25NO5S2/c1-15(2)19-9-8-18(27(22,23)17-6-4-3-5-7-17)14-20(19)28(24,25)21-16-10-12-26-13-11-16/h3-9,14-16,21H,10-13H2,1-2H3. The molecule has 8 heteroatoms. The summed E-state index contributed by atoms with van der Waals surface area (Å²) in [4.78, 5) is 0.120. The van der Waals surface area contributed by atoms with Crippen molar-refractivity contribution in [2.75, 3.05) is 13.2 Å². The predicted octanol–water partition coefficient (Wildman–Crippen LogP) is 3.10. The maximum absolute atomic E-state index is 13.1. The summed E-state index contributed by atoms with van der Waals surface area (Å²) in [7, 11) is -7.68. The predicted molar refractivity (Wildman–Crippen MR) is 107 cm³/mol. The number of sulfone groups is 1. The third-order valence-corrected chi connectivity index (χ3v) is 8.15. The molecular weight excluding hydrogens is 398 g/mol. The van der Waals surface area contributed by atoms with Crippen molar-refractivity contribution in [3.8, 4) is 0 Å². The van der Waals surface area contributed by atoms with Gasteiger partial charge >= 0.3 is 0 Å². The lowest BCUT2D eigenvalue weighted by Crippen LogP contribution is -2.39. The third kappa shape index (κ3) is 4.46. The molecule has 0 bridgehead atoms. The fraction of sp³-hybridized carbons (Fsp3) is 0.400. The van der Waals surface area contributed by atoms with Crippen LogP contribution >= 0.6 is 0 Å². The van der Waals surface area contributed by atoms with Gasteiger partial charge in [0, 0.05) is 19.3 Å². The van der Waals surface area contributed by atoms with Crippen molar-refractivity contribution in [2.24, 2.45) is 0 Å². The Balaban J connectivity index is 2.05. The molecule has 0 unspecified atom stereocenters. The summed E-state index contributed by atoms with van der Waals surface area (Å²) in [6.45, 7) is 4.78. The van der Waals surface area contributed by atoms with E-state index in [0.29, 0.717) is 31.6 Å². The second kappa shape index (κ2) is 8.32. The summed E-state index contributed by atoms with van der Waals surface area (Å²) < 4.78 is 60.1. The lowest BCUT2D eigenvalue weighted by molar-refractivity contribution is 0.0832. The average Bonchev–Trinajstić information content (AvgIpc) is 2.68. The van der Waals surface area contributed by atoms with Gasteiger partial charge in [0.1, 0.15) is 0 Å². The molecule has 152 valence electrons. The first-order valence-corrected chi connectivity index (χ1v) is 12.2. The van der Waals surface area contributed by atoms with Crippen LogP contribution in [-0.4, -0.2) is 36.1 Å². The zero-order valence-corrected chi connectivity index (χ0v) is 17.6. The van der Waals surface area contributed by atoms with Crippen LogP contribution in [-0.2, 0) is 24.6 Å². The first-order chi connectivity index (χ1) is 13.2. The van der Waals surface area contributed by atoms with E-state index in [9.17, 15) is 16.8 Å². The van der Waals surface area contributed by atoms with E-state index in [2.05, 4.69) is 4.72 Å². The second-order valence-corrected chi connectivity index (χ2v) is 10.8. The summed E-state index contributed by atoms with van der Waals surface area (Å²) in [6, 6.07) is 12.1. The summed E-state index contributed by atoms with van der Waals surface area (Å²) >= 11 is 0. The lowest BCUT2D eigenvalue weighted by Gasteiger charge is -2.24. The summed E-state index contributed by atoms with van der Waals surface area (Å²) in [5.41, 5.74) is 0.589. The van der Waals surface area contributed by atoms with Crippen LogP contribution in [0.4, 0.5) is 0 Å². The zero-order chi connectivity index (χ0) is 20.4. The Morgan fingerprint density at radius 1 is 0.929 bits per heavy atom. The Labute approximate surface area is 166 Å². The molecule has 0 radical (unpaired) electrons. The van der Waals surface area contributed by atoms with Gasteiger partial charge in [-0.25, -0.2) is 21.6 Å². The van der Waals surface area contributed by atoms with E-state index in [0.717, 1.165) is 0 Å². The summed E-state index contributed by atoms with van der Waals surface area (Å²) in [6.07, 6.45) is 1.19. The van der Waals surface area contributed by atoms with E-state index in [4.69, 9.17) is 4.74 Å². The molecule has 0 aliphatic carbocycles. The van der Waals surface area contributed by atoms with Crippen LogP contribution in [0.2, 0.25) is 0 Å². The number of hydrogen-bond donors (Lipinski definition) is 1. The molecule has 1 heterocycles. The van der Waals surface area contributed by atoms with Crippen LogP contribution in [0.1, 0.15) is 38.2 Å². The van der Waals surface area contributed by atoms with Crippen LogP contribution < -0.4 is 4.72 Å². The molecule has 0 amide bonds. The van der Waals surface area contributed by atoms with Crippen LogP contribution in [0.5, 0.6) is 0 Å². The van der Waals surface area contributed by atoms with E-state index < -0.39 is 19.9 Å². The molecule has 1 aliphatic rings. The molecule has 1 saturated heterocycles. The van der Waals surface area contributed by atoms with Gasteiger partial charge in [0.25, 0.3) is 0 Å². The Morgan fingerprint density at radius 3 is 2.18 bits per heavy atom. The molecule has 2 aromatic rings. The summed E-state index contributed by atoms with van der Waals surface area (Å²) in [5.74, 6) is -0.0743. The number of ether oxygens (including phenoxy) is 1. The number of nitrogens with one attached hydrogen (secondary N) is 1. The average molecular weight is 424 g/mol. The second-order valence-electron chi connectivity index (χ2n) is 7.18. The topological polar surface area (TPSA) is 89.5 Å². The van der Waals surface area contributed by atoms with Gasteiger partial charge in [0.2, 0.25) is 19.9 Å². The fourth-order valence-electron chi connectivity index (χ4n) is 3.23. The smallest absolute Gasteiger partial charge is 0.241 e. The first kappa shape index (κ1) is 21.0. The molecule has 1 fully saturated rings. The lowest BCUT2D eigenvalue weighted by atomic mass is 10.0. The number of benzene rings is 2. The van der Waals surface area contributed by atoms with Crippen molar-refractivity contribution in [3.05, 3.63) is 54.1 Å². The Hall–Kier alpha value is -1.74. The van der Waals surface area contributed by atoms with Gasteiger partial charge in [-0.1, -0.05) is 38.1 Å². The molecular formula is C20H25NO5S2. The van der Waals surface area contributed by atoms with Gasteiger partial charge in [0.05, 0.1) is 14.7 Å². The normalized spacial score (nSPS) is 16.4. The minimum atomic E-state index is -3.87.